The van der Waals surface area contributed by atoms with Crippen molar-refractivity contribution in [3.8, 4) is 22.8 Å². The number of aromatic nitrogens is 2. The molecule has 2 aliphatic heterocycles. The second-order valence-electron chi connectivity index (χ2n) is 17.5. The first-order valence-corrected chi connectivity index (χ1v) is 20.1. The number of para-hydroxylation sites is 1. The SMILES string of the molecule is CC(C)(C)c1ccnc(N2c3[c-]c(Oc4[c-]c(C5=N[C@@H]6Cc7c(cccc7C(C)(C)C)[C@@H]6S5)cc(-c5ccccn5)c4)ccc3C(C)(C)c3ccccc32)c1.[Pt+2]. The van der Waals surface area contributed by atoms with Crippen molar-refractivity contribution in [1.82, 2.24) is 9.97 Å². The van der Waals surface area contributed by atoms with E-state index in [0.717, 1.165) is 51.0 Å². The van der Waals surface area contributed by atoms with Crippen LogP contribution in [0.3, 0.4) is 0 Å². The first-order valence-electron chi connectivity index (χ1n) is 19.2. The summed E-state index contributed by atoms with van der Waals surface area (Å²) in [5.41, 5.74) is 12.5. The topological polar surface area (TPSA) is 50.6 Å². The van der Waals surface area contributed by atoms with E-state index in [9.17, 15) is 0 Å². The van der Waals surface area contributed by atoms with Crippen molar-refractivity contribution < 1.29 is 25.8 Å². The molecular formula is C49H46N4OPtS. The molecule has 9 rings (SSSR count). The normalized spacial score (nSPS) is 17.9. The smallest absolute Gasteiger partial charge is 0.503 e. The average molecular weight is 934 g/mol. The van der Waals surface area contributed by atoms with Crippen LogP contribution in [0.25, 0.3) is 11.3 Å². The van der Waals surface area contributed by atoms with Crippen LogP contribution in [-0.4, -0.2) is 21.1 Å². The molecule has 0 saturated carbocycles. The van der Waals surface area contributed by atoms with Crippen molar-refractivity contribution in [3.63, 3.8) is 0 Å². The van der Waals surface area contributed by atoms with Crippen molar-refractivity contribution in [2.75, 3.05) is 4.90 Å². The third kappa shape index (κ3) is 6.73. The number of hydrogen-bond donors (Lipinski definition) is 0. The van der Waals surface area contributed by atoms with E-state index in [0.29, 0.717) is 16.7 Å². The summed E-state index contributed by atoms with van der Waals surface area (Å²) in [6.07, 6.45) is 4.70. The van der Waals surface area contributed by atoms with Crippen molar-refractivity contribution >= 4 is 34.0 Å². The number of nitrogens with zero attached hydrogens (tertiary/aromatic N) is 4. The van der Waals surface area contributed by atoms with Crippen molar-refractivity contribution in [2.24, 2.45) is 4.99 Å². The molecule has 2 aromatic heterocycles. The van der Waals surface area contributed by atoms with Gasteiger partial charge in [0.1, 0.15) is 5.82 Å². The number of rotatable bonds is 5. The molecule has 0 amide bonds. The molecule has 6 aromatic rings. The van der Waals surface area contributed by atoms with Gasteiger partial charge in [-0.3, -0.25) is 4.98 Å². The Kier molecular flexibility index (Phi) is 9.69. The summed E-state index contributed by atoms with van der Waals surface area (Å²) in [5.74, 6) is 2.06. The van der Waals surface area contributed by atoms with E-state index in [1.54, 1.807) is 0 Å². The molecule has 0 radical (unpaired) electrons. The maximum absolute atomic E-state index is 6.78. The number of benzene rings is 4. The van der Waals surface area contributed by atoms with Gasteiger partial charge in [0.2, 0.25) is 0 Å². The standard InChI is InChI=1S/C49H46N4OS.Pt/c1-47(2,3)32-21-23-51-44(27-32)53-42-18-10-9-15-38(42)49(7,8)39-20-19-33(28-43(39)53)54-34-25-30(40-17-11-12-22-50-40)24-31(26-34)46-52-41-29-36-35(45(41)55-46)14-13-16-37(36)48(4,5)6;/h9-25,27,41,45H,29H2,1-8H3;/q-2;+2/t41-,45+;/m1./s1. The fourth-order valence-corrected chi connectivity index (χ4v) is 9.78. The summed E-state index contributed by atoms with van der Waals surface area (Å²) >= 11 is 1.85. The molecule has 4 heterocycles. The van der Waals surface area contributed by atoms with E-state index in [1.807, 2.05) is 54.5 Å². The molecule has 0 fully saturated rings. The third-order valence-corrected chi connectivity index (χ3v) is 12.7. The van der Waals surface area contributed by atoms with Gasteiger partial charge in [0.25, 0.3) is 0 Å². The van der Waals surface area contributed by atoms with Crippen LogP contribution in [0.2, 0.25) is 0 Å². The van der Waals surface area contributed by atoms with Gasteiger partial charge in [0, 0.05) is 39.9 Å². The van der Waals surface area contributed by atoms with Crippen LogP contribution in [0.4, 0.5) is 17.2 Å². The molecule has 2 atom stereocenters. The minimum atomic E-state index is -0.264. The summed E-state index contributed by atoms with van der Waals surface area (Å²) in [7, 11) is 0. The van der Waals surface area contributed by atoms with Crippen LogP contribution in [-0.2, 0) is 43.7 Å². The summed E-state index contributed by atoms with van der Waals surface area (Å²) in [6.45, 7) is 18.2. The molecule has 1 aliphatic carbocycles. The Hall–Kier alpha value is -4.51. The molecule has 0 bridgehead atoms. The fourth-order valence-electron chi connectivity index (χ4n) is 8.44. The third-order valence-electron chi connectivity index (χ3n) is 11.3. The van der Waals surface area contributed by atoms with Gasteiger partial charge in [0.15, 0.2) is 0 Å². The molecule has 56 heavy (non-hydrogen) atoms. The van der Waals surface area contributed by atoms with Crippen LogP contribution in [0.1, 0.15) is 99.6 Å². The Morgan fingerprint density at radius 1 is 0.768 bits per heavy atom. The number of hydrogen-bond acceptors (Lipinski definition) is 6. The van der Waals surface area contributed by atoms with Crippen LogP contribution in [0, 0.1) is 12.1 Å². The van der Waals surface area contributed by atoms with Crippen molar-refractivity contribution in [3.05, 3.63) is 161 Å². The molecule has 0 N–H and O–H groups in total. The quantitative estimate of drug-likeness (QED) is 0.161. The number of thioether (sulfide) groups is 1. The van der Waals surface area contributed by atoms with Gasteiger partial charge in [-0.05, 0) is 80.8 Å². The number of ether oxygens (including phenoxy) is 1. The van der Waals surface area contributed by atoms with Gasteiger partial charge < -0.3 is 14.6 Å². The molecule has 0 unspecified atom stereocenters. The fraction of sp³-hybridized carbons (Fsp3) is 0.286. The van der Waals surface area contributed by atoms with E-state index in [-0.39, 0.29) is 43.4 Å². The molecular weight excluding hydrogens is 888 g/mol. The van der Waals surface area contributed by atoms with Gasteiger partial charge in [-0.25, -0.2) is 4.98 Å². The predicted octanol–water partition coefficient (Wildman–Crippen LogP) is 12.4. The van der Waals surface area contributed by atoms with Crippen LogP contribution >= 0.6 is 11.8 Å². The first kappa shape index (κ1) is 38.4. The van der Waals surface area contributed by atoms with E-state index < -0.39 is 0 Å². The van der Waals surface area contributed by atoms with Gasteiger partial charge >= 0.3 is 21.1 Å². The summed E-state index contributed by atoms with van der Waals surface area (Å²) in [6, 6.07) is 41.7. The van der Waals surface area contributed by atoms with E-state index in [4.69, 9.17) is 19.7 Å². The van der Waals surface area contributed by atoms with E-state index >= 15 is 0 Å². The largest absolute Gasteiger partial charge is 2.00 e. The molecule has 5 nitrogen and oxygen atoms in total. The zero-order valence-corrected chi connectivity index (χ0v) is 36.3. The maximum Gasteiger partial charge on any atom is 2.00 e. The summed E-state index contributed by atoms with van der Waals surface area (Å²) in [5, 5.41) is 1.29. The van der Waals surface area contributed by atoms with Gasteiger partial charge in [0.05, 0.1) is 11.7 Å². The Morgan fingerprint density at radius 2 is 1.57 bits per heavy atom. The van der Waals surface area contributed by atoms with Crippen LogP contribution < -0.4 is 9.64 Å². The zero-order chi connectivity index (χ0) is 38.3. The number of aliphatic imine (C=N–C) groups is 1. The molecule has 284 valence electrons. The number of pyridine rings is 2. The first-order chi connectivity index (χ1) is 26.3. The van der Waals surface area contributed by atoms with Crippen molar-refractivity contribution in [2.45, 2.75) is 89.3 Å². The maximum atomic E-state index is 6.78. The Bertz CT molecular complexity index is 2500. The summed E-state index contributed by atoms with van der Waals surface area (Å²) < 4.78 is 6.78. The van der Waals surface area contributed by atoms with Gasteiger partial charge in [-0.15, -0.1) is 41.1 Å². The van der Waals surface area contributed by atoms with Gasteiger partial charge in [-0.1, -0.05) is 121 Å². The molecule has 3 aliphatic rings. The Labute approximate surface area is 350 Å². The average Bonchev–Trinajstić information content (AvgIpc) is 3.73. The Morgan fingerprint density at radius 3 is 2.34 bits per heavy atom. The molecule has 4 aromatic carbocycles. The predicted molar refractivity (Wildman–Crippen MR) is 227 cm³/mol. The van der Waals surface area contributed by atoms with E-state index in [2.05, 4.69) is 139 Å². The second-order valence-corrected chi connectivity index (χ2v) is 18.7. The molecule has 0 saturated heterocycles. The van der Waals surface area contributed by atoms with Crippen molar-refractivity contribution in [1.29, 1.82) is 0 Å². The summed E-state index contributed by atoms with van der Waals surface area (Å²) in [4.78, 5) is 17.2. The Balaban J connectivity index is 0.00000441. The zero-order valence-electron chi connectivity index (χ0n) is 33.2. The monoisotopic (exact) mass is 933 g/mol. The minimum absolute atomic E-state index is 0. The van der Waals surface area contributed by atoms with Crippen LogP contribution in [0.5, 0.6) is 11.5 Å². The minimum Gasteiger partial charge on any atom is -0.503 e. The van der Waals surface area contributed by atoms with Crippen LogP contribution in [0.15, 0.2) is 114 Å². The molecule has 0 spiro atoms. The van der Waals surface area contributed by atoms with Gasteiger partial charge in [-0.2, -0.15) is 6.07 Å². The number of anilines is 3. The molecule has 7 heteroatoms. The van der Waals surface area contributed by atoms with E-state index in [1.165, 1.54) is 27.8 Å². The second kappa shape index (κ2) is 14.1. The number of fused-ring (bicyclic) bond motifs is 5.